The summed E-state index contributed by atoms with van der Waals surface area (Å²) in [6.07, 6.45) is 0.0890. The quantitative estimate of drug-likeness (QED) is 0.723. The SMILES string of the molecule is O=C(Nc1ccc2oc(=O)ccc2c1)C1CC(=O)N(c2ccc(F)cc2)C1. The van der Waals surface area contributed by atoms with Gasteiger partial charge in [-0.3, -0.25) is 9.59 Å². The van der Waals surface area contributed by atoms with E-state index in [1.807, 2.05) is 0 Å². The molecule has 4 rings (SSSR count). The van der Waals surface area contributed by atoms with Crippen LogP contribution in [0.2, 0.25) is 0 Å². The van der Waals surface area contributed by atoms with E-state index in [4.69, 9.17) is 4.42 Å². The van der Waals surface area contributed by atoms with Gasteiger partial charge in [-0.1, -0.05) is 0 Å². The summed E-state index contributed by atoms with van der Waals surface area (Å²) < 4.78 is 18.1. The smallest absolute Gasteiger partial charge is 0.336 e. The van der Waals surface area contributed by atoms with Crippen LogP contribution < -0.4 is 15.8 Å². The van der Waals surface area contributed by atoms with Crippen molar-refractivity contribution in [2.75, 3.05) is 16.8 Å². The van der Waals surface area contributed by atoms with Crippen molar-refractivity contribution < 1.29 is 18.4 Å². The number of fused-ring (bicyclic) bond motifs is 1. The Labute approximate surface area is 153 Å². The Kier molecular flexibility index (Phi) is 4.19. The van der Waals surface area contributed by atoms with Crippen LogP contribution in [0.3, 0.4) is 0 Å². The molecule has 7 heteroatoms. The van der Waals surface area contributed by atoms with Gasteiger partial charge in [-0.2, -0.15) is 0 Å². The highest BCUT2D eigenvalue weighted by Gasteiger charge is 2.35. The maximum Gasteiger partial charge on any atom is 0.336 e. The molecule has 1 unspecified atom stereocenters. The molecule has 2 amide bonds. The first-order chi connectivity index (χ1) is 13.0. The van der Waals surface area contributed by atoms with E-state index >= 15 is 0 Å². The van der Waals surface area contributed by atoms with Gasteiger partial charge in [0.1, 0.15) is 11.4 Å². The van der Waals surface area contributed by atoms with Crippen LogP contribution in [0.25, 0.3) is 11.0 Å². The first-order valence-electron chi connectivity index (χ1n) is 8.40. The van der Waals surface area contributed by atoms with Gasteiger partial charge in [0, 0.05) is 35.8 Å². The highest BCUT2D eigenvalue weighted by molar-refractivity contribution is 6.04. The minimum absolute atomic E-state index is 0.0890. The van der Waals surface area contributed by atoms with E-state index in [0.29, 0.717) is 22.3 Å². The van der Waals surface area contributed by atoms with Crippen LogP contribution in [-0.2, 0) is 9.59 Å². The Balaban J connectivity index is 1.48. The first-order valence-corrected chi connectivity index (χ1v) is 8.40. The van der Waals surface area contributed by atoms with Gasteiger partial charge in [0.25, 0.3) is 0 Å². The molecule has 0 spiro atoms. The Hall–Kier alpha value is -3.48. The van der Waals surface area contributed by atoms with E-state index < -0.39 is 11.5 Å². The number of nitrogens with zero attached hydrogens (tertiary/aromatic N) is 1. The van der Waals surface area contributed by atoms with Gasteiger partial charge in [0.2, 0.25) is 11.8 Å². The van der Waals surface area contributed by atoms with E-state index in [1.165, 1.54) is 35.2 Å². The summed E-state index contributed by atoms with van der Waals surface area (Å²) in [5, 5.41) is 3.48. The Morgan fingerprint density at radius 1 is 1.07 bits per heavy atom. The molecule has 2 heterocycles. The van der Waals surface area contributed by atoms with Gasteiger partial charge in [0.05, 0.1) is 5.92 Å². The highest BCUT2D eigenvalue weighted by atomic mass is 19.1. The number of hydrogen-bond donors (Lipinski definition) is 1. The minimum atomic E-state index is -0.507. The van der Waals surface area contributed by atoms with Crippen LogP contribution in [0.1, 0.15) is 6.42 Å². The number of hydrogen-bond acceptors (Lipinski definition) is 4. The number of carbonyl (C=O) groups is 2. The predicted molar refractivity (Wildman–Crippen MR) is 98.0 cm³/mol. The van der Waals surface area contributed by atoms with Crippen LogP contribution in [-0.4, -0.2) is 18.4 Å². The molecule has 1 fully saturated rings. The molecule has 1 saturated heterocycles. The van der Waals surface area contributed by atoms with E-state index in [2.05, 4.69) is 5.32 Å². The molecule has 0 bridgehead atoms. The number of amides is 2. The van der Waals surface area contributed by atoms with Crippen molar-refractivity contribution in [3.63, 3.8) is 0 Å². The molecule has 1 N–H and O–H groups in total. The number of rotatable bonds is 3. The maximum atomic E-state index is 13.1. The summed E-state index contributed by atoms with van der Waals surface area (Å²) >= 11 is 0. The number of anilines is 2. The van der Waals surface area contributed by atoms with E-state index in [1.54, 1.807) is 24.3 Å². The van der Waals surface area contributed by atoms with E-state index in [0.717, 1.165) is 0 Å². The minimum Gasteiger partial charge on any atom is -0.423 e. The zero-order chi connectivity index (χ0) is 19.0. The molecule has 3 aromatic rings. The number of carbonyl (C=O) groups excluding carboxylic acids is 2. The topological polar surface area (TPSA) is 79.6 Å². The highest BCUT2D eigenvalue weighted by Crippen LogP contribution is 2.26. The standard InChI is InChI=1S/C20H15FN2O4/c21-14-2-5-16(6-3-14)23-11-13(10-18(23)24)20(26)22-15-4-7-17-12(9-15)1-8-19(25)27-17/h1-9,13H,10-11H2,(H,22,26). The van der Waals surface area contributed by atoms with Crippen LogP contribution in [0.4, 0.5) is 15.8 Å². The molecule has 0 radical (unpaired) electrons. The van der Waals surface area contributed by atoms with Crippen LogP contribution in [0.5, 0.6) is 0 Å². The molecule has 1 aliphatic heterocycles. The molecule has 1 aliphatic rings. The van der Waals surface area contributed by atoms with Crippen LogP contribution in [0.15, 0.2) is 63.8 Å². The molecule has 1 aromatic heterocycles. The first kappa shape index (κ1) is 17.0. The Bertz CT molecular complexity index is 1090. The van der Waals surface area contributed by atoms with Crippen molar-refractivity contribution in [2.45, 2.75) is 6.42 Å². The second kappa shape index (κ2) is 6.68. The molecule has 0 saturated carbocycles. The van der Waals surface area contributed by atoms with Crippen molar-refractivity contribution in [1.82, 2.24) is 0 Å². The molecule has 0 aliphatic carbocycles. The molecular weight excluding hydrogens is 351 g/mol. The number of halogens is 1. The van der Waals surface area contributed by atoms with Crippen molar-refractivity contribution >= 4 is 34.2 Å². The van der Waals surface area contributed by atoms with Gasteiger partial charge < -0.3 is 14.6 Å². The van der Waals surface area contributed by atoms with Crippen molar-refractivity contribution in [2.24, 2.45) is 5.92 Å². The van der Waals surface area contributed by atoms with Crippen molar-refractivity contribution in [3.05, 3.63) is 70.8 Å². The van der Waals surface area contributed by atoms with E-state index in [9.17, 15) is 18.8 Å². The van der Waals surface area contributed by atoms with Gasteiger partial charge >= 0.3 is 5.63 Å². The third-order valence-electron chi connectivity index (χ3n) is 4.52. The van der Waals surface area contributed by atoms with Gasteiger partial charge in [-0.05, 0) is 48.5 Å². The zero-order valence-electron chi connectivity index (χ0n) is 14.1. The lowest BCUT2D eigenvalue weighted by Gasteiger charge is -2.16. The lowest BCUT2D eigenvalue weighted by atomic mass is 10.1. The van der Waals surface area contributed by atoms with Crippen LogP contribution in [0, 0.1) is 11.7 Å². The predicted octanol–water partition coefficient (Wildman–Crippen LogP) is 2.92. The average molecular weight is 366 g/mol. The number of benzene rings is 2. The monoisotopic (exact) mass is 366 g/mol. The number of nitrogens with one attached hydrogen (secondary N) is 1. The van der Waals surface area contributed by atoms with Gasteiger partial charge in [-0.25, -0.2) is 9.18 Å². The molecule has 27 heavy (non-hydrogen) atoms. The van der Waals surface area contributed by atoms with E-state index in [-0.39, 0.29) is 30.6 Å². The molecule has 136 valence electrons. The third-order valence-corrected chi connectivity index (χ3v) is 4.52. The normalized spacial score (nSPS) is 16.7. The fourth-order valence-electron chi connectivity index (χ4n) is 3.15. The molecule has 2 aromatic carbocycles. The second-order valence-corrected chi connectivity index (χ2v) is 6.38. The molecular formula is C20H15FN2O4. The molecule has 6 nitrogen and oxygen atoms in total. The lowest BCUT2D eigenvalue weighted by molar-refractivity contribution is -0.122. The lowest BCUT2D eigenvalue weighted by Crippen LogP contribution is -2.28. The summed E-state index contributed by atoms with van der Waals surface area (Å²) in [7, 11) is 0. The zero-order valence-corrected chi connectivity index (χ0v) is 14.1. The van der Waals surface area contributed by atoms with Crippen molar-refractivity contribution in [1.29, 1.82) is 0 Å². The van der Waals surface area contributed by atoms with Crippen molar-refractivity contribution in [3.8, 4) is 0 Å². The average Bonchev–Trinajstić information content (AvgIpc) is 3.04. The third kappa shape index (κ3) is 3.44. The summed E-state index contributed by atoms with van der Waals surface area (Å²) in [6.45, 7) is 0.235. The second-order valence-electron chi connectivity index (χ2n) is 6.38. The summed E-state index contributed by atoms with van der Waals surface area (Å²) in [5.41, 5.74) is 1.11. The molecule has 1 atom stereocenters. The fourth-order valence-corrected chi connectivity index (χ4v) is 3.15. The van der Waals surface area contributed by atoms with Crippen LogP contribution >= 0.6 is 0 Å². The summed E-state index contributed by atoms with van der Waals surface area (Å²) in [4.78, 5) is 37.5. The Morgan fingerprint density at radius 2 is 1.85 bits per heavy atom. The van der Waals surface area contributed by atoms with Gasteiger partial charge in [-0.15, -0.1) is 0 Å². The summed E-state index contributed by atoms with van der Waals surface area (Å²) in [5.74, 6) is -1.34. The summed E-state index contributed by atoms with van der Waals surface area (Å²) in [6, 6.07) is 13.5. The van der Waals surface area contributed by atoms with Gasteiger partial charge in [0.15, 0.2) is 0 Å². The maximum absolute atomic E-state index is 13.1. The Morgan fingerprint density at radius 3 is 2.63 bits per heavy atom. The largest absolute Gasteiger partial charge is 0.423 e. The fraction of sp³-hybridized carbons (Fsp3) is 0.150.